The van der Waals surface area contributed by atoms with Crippen LogP contribution in [0.2, 0.25) is 0 Å². The van der Waals surface area contributed by atoms with E-state index in [2.05, 4.69) is 9.72 Å². The molecular formula is C20H20F3N5O4. The molecule has 3 aliphatic heterocycles. The number of amides is 2. The van der Waals surface area contributed by atoms with Crippen LogP contribution in [0.3, 0.4) is 0 Å². The lowest BCUT2D eigenvalue weighted by Gasteiger charge is -2.25. The lowest BCUT2D eigenvalue weighted by atomic mass is 10.1. The number of benzene rings is 1. The molecule has 0 bridgehead atoms. The molecule has 1 aromatic heterocycles. The van der Waals surface area contributed by atoms with Crippen LogP contribution in [0, 0.1) is 0 Å². The highest BCUT2D eigenvalue weighted by molar-refractivity contribution is 5.90. The third-order valence-corrected chi connectivity index (χ3v) is 5.97. The Hall–Kier alpha value is -3.44. The number of fused-ring (bicyclic) bond motifs is 3. The van der Waals surface area contributed by atoms with E-state index < -0.39 is 36.9 Å². The molecule has 32 heavy (non-hydrogen) atoms. The van der Waals surface area contributed by atoms with Crippen molar-refractivity contribution in [2.45, 2.75) is 37.6 Å². The summed E-state index contributed by atoms with van der Waals surface area (Å²) in [5.41, 5.74) is 6.86. The molecule has 1 unspecified atom stereocenters. The third kappa shape index (κ3) is 3.30. The number of anilines is 2. The second-order valence-electron chi connectivity index (χ2n) is 7.90. The van der Waals surface area contributed by atoms with E-state index in [-0.39, 0.29) is 12.4 Å². The Kier molecular flexibility index (Phi) is 4.68. The van der Waals surface area contributed by atoms with Gasteiger partial charge in [0, 0.05) is 24.5 Å². The molecule has 12 heteroatoms. The molecule has 4 heterocycles. The van der Waals surface area contributed by atoms with Crippen molar-refractivity contribution >= 4 is 23.5 Å². The number of nitrogens with two attached hydrogens (primary N) is 1. The number of hydrogen-bond donors (Lipinski definition) is 1. The van der Waals surface area contributed by atoms with Gasteiger partial charge in [0.25, 0.3) is 0 Å². The van der Waals surface area contributed by atoms with Gasteiger partial charge >= 0.3 is 12.3 Å². The molecule has 2 N–H and O–H groups in total. The zero-order valence-electron chi connectivity index (χ0n) is 16.8. The molecule has 1 aromatic carbocycles. The summed E-state index contributed by atoms with van der Waals surface area (Å²) in [4.78, 5) is 30.6. The molecule has 5 rings (SSSR count). The summed E-state index contributed by atoms with van der Waals surface area (Å²) < 4.78 is 52.3. The summed E-state index contributed by atoms with van der Waals surface area (Å²) in [7, 11) is 0. The van der Waals surface area contributed by atoms with Crippen molar-refractivity contribution < 1.29 is 32.2 Å². The number of primary amides is 1. The van der Waals surface area contributed by atoms with Crippen molar-refractivity contribution in [3.63, 3.8) is 0 Å². The van der Waals surface area contributed by atoms with E-state index in [9.17, 15) is 22.8 Å². The zero-order valence-corrected chi connectivity index (χ0v) is 16.8. The van der Waals surface area contributed by atoms with E-state index in [0.717, 1.165) is 12.1 Å². The van der Waals surface area contributed by atoms with Crippen molar-refractivity contribution in [3.05, 3.63) is 24.4 Å². The van der Waals surface area contributed by atoms with Gasteiger partial charge < -0.3 is 24.7 Å². The maximum Gasteiger partial charge on any atom is 0.416 e. The minimum Gasteiger partial charge on any atom is -0.491 e. The molecule has 0 saturated carbocycles. The van der Waals surface area contributed by atoms with Gasteiger partial charge in [-0.25, -0.2) is 14.7 Å². The first kappa shape index (κ1) is 20.5. The average molecular weight is 451 g/mol. The molecular weight excluding hydrogens is 431 g/mol. The van der Waals surface area contributed by atoms with E-state index in [0.29, 0.717) is 41.5 Å². The van der Waals surface area contributed by atoms with Crippen molar-refractivity contribution in [2.75, 3.05) is 29.6 Å². The SMILES string of the molecule is NC(=O)[C@@H]1CCCN1c1ccc2c(c1)OCCn1cc(N3C(=O)OCC3C(F)(F)F)nc1-2. The first-order chi connectivity index (χ1) is 15.2. The lowest BCUT2D eigenvalue weighted by molar-refractivity contribution is -0.147. The van der Waals surface area contributed by atoms with Gasteiger partial charge in [-0.3, -0.25) is 4.79 Å². The van der Waals surface area contributed by atoms with Gasteiger partial charge in [-0.05, 0) is 25.0 Å². The summed E-state index contributed by atoms with van der Waals surface area (Å²) in [6.45, 7) is 0.497. The highest BCUT2D eigenvalue weighted by Gasteiger charge is 2.52. The van der Waals surface area contributed by atoms with Gasteiger partial charge in [-0.15, -0.1) is 0 Å². The number of carbonyl (C=O) groups is 2. The van der Waals surface area contributed by atoms with Gasteiger partial charge in [0.1, 0.15) is 30.8 Å². The van der Waals surface area contributed by atoms with E-state index in [1.54, 1.807) is 22.8 Å². The summed E-state index contributed by atoms with van der Waals surface area (Å²) in [5.74, 6) is 0.350. The normalized spacial score (nSPS) is 22.8. The second kappa shape index (κ2) is 7.31. The third-order valence-electron chi connectivity index (χ3n) is 5.97. The smallest absolute Gasteiger partial charge is 0.416 e. The van der Waals surface area contributed by atoms with Crippen LogP contribution < -0.4 is 20.3 Å². The number of imidazole rings is 1. The Bertz CT molecular complexity index is 1090. The van der Waals surface area contributed by atoms with Crippen LogP contribution in [0.4, 0.5) is 29.5 Å². The molecule has 0 aliphatic carbocycles. The zero-order chi connectivity index (χ0) is 22.6. The topological polar surface area (TPSA) is 103 Å². The van der Waals surface area contributed by atoms with Crippen molar-refractivity contribution in [1.29, 1.82) is 0 Å². The van der Waals surface area contributed by atoms with Crippen LogP contribution in [-0.4, -0.2) is 59.6 Å². The Balaban J connectivity index is 1.51. The molecule has 9 nitrogen and oxygen atoms in total. The number of hydrogen-bond acceptors (Lipinski definition) is 6. The molecule has 2 fully saturated rings. The number of carbonyl (C=O) groups excluding carboxylic acids is 2. The second-order valence-corrected chi connectivity index (χ2v) is 7.90. The number of ether oxygens (including phenoxy) is 2. The molecule has 2 saturated heterocycles. The average Bonchev–Trinajstić information content (AvgIpc) is 3.43. The summed E-state index contributed by atoms with van der Waals surface area (Å²) in [5, 5.41) is 0. The van der Waals surface area contributed by atoms with Gasteiger partial charge in [-0.2, -0.15) is 13.2 Å². The minimum atomic E-state index is -4.64. The van der Waals surface area contributed by atoms with E-state index in [4.69, 9.17) is 10.5 Å². The van der Waals surface area contributed by atoms with Crippen molar-refractivity contribution in [3.8, 4) is 17.1 Å². The quantitative estimate of drug-likeness (QED) is 0.768. The lowest BCUT2D eigenvalue weighted by Crippen LogP contribution is -2.44. The number of rotatable bonds is 3. The highest BCUT2D eigenvalue weighted by atomic mass is 19.4. The van der Waals surface area contributed by atoms with Gasteiger partial charge in [-0.1, -0.05) is 0 Å². The fraction of sp³-hybridized carbons (Fsp3) is 0.450. The van der Waals surface area contributed by atoms with Crippen molar-refractivity contribution in [1.82, 2.24) is 9.55 Å². The number of halogens is 3. The fourth-order valence-corrected chi connectivity index (χ4v) is 4.44. The summed E-state index contributed by atoms with van der Waals surface area (Å²) >= 11 is 0. The first-order valence-electron chi connectivity index (χ1n) is 10.2. The molecule has 2 amide bonds. The molecule has 3 aliphatic rings. The molecule has 0 radical (unpaired) electrons. The first-order valence-corrected chi connectivity index (χ1v) is 10.2. The van der Waals surface area contributed by atoms with E-state index in [1.807, 2.05) is 4.90 Å². The molecule has 170 valence electrons. The maximum absolute atomic E-state index is 13.4. The van der Waals surface area contributed by atoms with Crippen LogP contribution in [0.15, 0.2) is 24.4 Å². The van der Waals surface area contributed by atoms with Gasteiger partial charge in [0.2, 0.25) is 5.91 Å². The Labute approximate surface area is 180 Å². The summed E-state index contributed by atoms with van der Waals surface area (Å²) in [6.07, 6.45) is -2.82. The molecule has 2 aromatic rings. The van der Waals surface area contributed by atoms with Gasteiger partial charge in [0.15, 0.2) is 11.9 Å². The van der Waals surface area contributed by atoms with Crippen molar-refractivity contribution in [2.24, 2.45) is 5.73 Å². The number of aromatic nitrogens is 2. The van der Waals surface area contributed by atoms with Crippen LogP contribution in [0.25, 0.3) is 11.4 Å². The predicted molar refractivity (Wildman–Crippen MR) is 106 cm³/mol. The monoisotopic (exact) mass is 451 g/mol. The summed E-state index contributed by atoms with van der Waals surface area (Å²) in [6, 6.07) is 2.85. The standard InChI is InChI=1S/C20H20F3N5O4/c21-20(22,23)15-10-32-19(30)28(15)16-9-26-6-7-31-14-8-11(3-4-12(14)18(26)25-16)27-5-1-2-13(27)17(24)29/h3-4,8-9,13,15H,1-2,5-7,10H2,(H2,24,29)/t13-,15?/m0/s1. The minimum absolute atomic E-state index is 0.130. The van der Waals surface area contributed by atoms with E-state index in [1.165, 1.54) is 6.20 Å². The number of nitrogens with zero attached hydrogens (tertiary/aromatic N) is 4. The predicted octanol–water partition coefficient (Wildman–Crippen LogP) is 2.28. The Morgan fingerprint density at radius 3 is 2.78 bits per heavy atom. The fourth-order valence-electron chi connectivity index (χ4n) is 4.44. The van der Waals surface area contributed by atoms with Crippen LogP contribution in [-0.2, 0) is 16.1 Å². The highest BCUT2D eigenvalue weighted by Crippen LogP contribution is 2.39. The van der Waals surface area contributed by atoms with Gasteiger partial charge in [0.05, 0.1) is 12.1 Å². The maximum atomic E-state index is 13.4. The number of cyclic esters (lactones) is 1. The Morgan fingerprint density at radius 2 is 2.03 bits per heavy atom. The van der Waals surface area contributed by atoms with Crippen LogP contribution in [0.1, 0.15) is 12.8 Å². The largest absolute Gasteiger partial charge is 0.491 e. The Morgan fingerprint density at radius 1 is 1.22 bits per heavy atom. The number of alkyl halides is 3. The van der Waals surface area contributed by atoms with Crippen LogP contribution >= 0.6 is 0 Å². The molecule has 2 atom stereocenters. The van der Waals surface area contributed by atoms with E-state index >= 15 is 0 Å². The molecule has 0 spiro atoms. The van der Waals surface area contributed by atoms with Crippen LogP contribution in [0.5, 0.6) is 5.75 Å².